The van der Waals surface area contributed by atoms with Crippen LogP contribution in [0.1, 0.15) is 0 Å². The molecule has 2 aromatic heterocycles. The minimum atomic E-state index is -0.334. The van der Waals surface area contributed by atoms with Crippen LogP contribution in [0.2, 0.25) is 0 Å². The molecule has 5 heteroatoms. The Balaban J connectivity index is 2.37. The molecule has 0 saturated heterocycles. The number of rotatable bonds is 1. The van der Waals surface area contributed by atoms with Gasteiger partial charge in [0.2, 0.25) is 0 Å². The van der Waals surface area contributed by atoms with Gasteiger partial charge in [-0.25, -0.2) is 0 Å². The number of nitrogens with zero attached hydrogens (tertiary/aromatic N) is 2. The van der Waals surface area contributed by atoms with Crippen LogP contribution in [0.5, 0.6) is 0 Å². The Hall–Kier alpha value is -1.71. The van der Waals surface area contributed by atoms with Gasteiger partial charge < -0.3 is 0 Å². The second-order valence-electron chi connectivity index (χ2n) is 3.51. The summed E-state index contributed by atoms with van der Waals surface area (Å²) in [5, 5.41) is 0.474. The second-order valence-corrected chi connectivity index (χ2v) is 5.52. The molecule has 0 bridgehead atoms. The normalized spacial score (nSPS) is 10.9. The Morgan fingerprint density at radius 1 is 1.18 bits per heavy atom. The average molecular weight is 293 g/mol. The van der Waals surface area contributed by atoms with Crippen molar-refractivity contribution in [3.05, 3.63) is 58.9 Å². The number of halogens is 1. The van der Waals surface area contributed by atoms with Gasteiger partial charge in [-0.3, -0.25) is 0 Å². The standard InChI is InChI=1S/C12H7FN2OSe/c13-10-3-1-2-9-11(10)17-15(12(9)16)8-4-6-14-7-5-8/h1-7H. The first-order valence-electron chi connectivity index (χ1n) is 4.98. The summed E-state index contributed by atoms with van der Waals surface area (Å²) in [5.74, 6) is -0.299. The van der Waals surface area contributed by atoms with Crippen LogP contribution in [0, 0.1) is 5.82 Å². The van der Waals surface area contributed by atoms with Crippen LogP contribution in [0.25, 0.3) is 15.3 Å². The Labute approximate surface area is 102 Å². The van der Waals surface area contributed by atoms with E-state index in [1.54, 1.807) is 40.2 Å². The van der Waals surface area contributed by atoms with Crippen molar-refractivity contribution in [2.24, 2.45) is 0 Å². The molecule has 0 N–H and O–H groups in total. The molecule has 3 rings (SSSR count). The molecule has 0 aliphatic carbocycles. The van der Waals surface area contributed by atoms with Crippen LogP contribution >= 0.6 is 0 Å². The number of fused-ring (bicyclic) bond motifs is 1. The van der Waals surface area contributed by atoms with E-state index in [1.165, 1.54) is 6.07 Å². The van der Waals surface area contributed by atoms with Gasteiger partial charge in [0.25, 0.3) is 0 Å². The molecule has 0 amide bonds. The molecule has 17 heavy (non-hydrogen) atoms. The van der Waals surface area contributed by atoms with Crippen LogP contribution in [-0.4, -0.2) is 23.3 Å². The first kappa shape index (κ1) is 10.4. The zero-order valence-corrected chi connectivity index (χ0v) is 10.3. The van der Waals surface area contributed by atoms with Crippen molar-refractivity contribution in [1.29, 1.82) is 0 Å². The summed E-state index contributed by atoms with van der Waals surface area (Å²) in [7, 11) is 0. The third kappa shape index (κ3) is 1.64. The van der Waals surface area contributed by atoms with Crippen molar-refractivity contribution in [3.8, 4) is 5.69 Å². The minimum absolute atomic E-state index is 0.134. The first-order chi connectivity index (χ1) is 8.27. The summed E-state index contributed by atoms with van der Waals surface area (Å²) in [6.45, 7) is 0. The van der Waals surface area contributed by atoms with E-state index in [0.717, 1.165) is 5.69 Å². The fraction of sp³-hybridized carbons (Fsp3) is 0. The summed E-state index contributed by atoms with van der Waals surface area (Å²) in [4.78, 5) is 16.0. The van der Waals surface area contributed by atoms with Crippen LogP contribution in [-0.2, 0) is 0 Å². The monoisotopic (exact) mass is 294 g/mol. The van der Waals surface area contributed by atoms with E-state index in [2.05, 4.69) is 4.98 Å². The molecule has 0 saturated carbocycles. The summed E-state index contributed by atoms with van der Waals surface area (Å²) in [6.07, 6.45) is 3.25. The van der Waals surface area contributed by atoms with Gasteiger partial charge in [0.05, 0.1) is 0 Å². The summed E-state index contributed by atoms with van der Waals surface area (Å²) in [6, 6.07) is 8.14. The van der Waals surface area contributed by atoms with E-state index < -0.39 is 0 Å². The molecule has 0 fully saturated rings. The third-order valence-electron chi connectivity index (χ3n) is 2.46. The van der Waals surface area contributed by atoms with Crippen molar-refractivity contribution >= 4 is 24.4 Å². The van der Waals surface area contributed by atoms with Crippen molar-refractivity contribution in [2.75, 3.05) is 0 Å². The van der Waals surface area contributed by atoms with Crippen LogP contribution in [0.15, 0.2) is 47.5 Å². The summed E-state index contributed by atoms with van der Waals surface area (Å²) in [5.41, 5.74) is 0.631. The Bertz CT molecular complexity index is 733. The molecule has 3 nitrogen and oxygen atoms in total. The molecule has 0 unspecified atom stereocenters. The quantitative estimate of drug-likeness (QED) is 0.639. The maximum atomic E-state index is 13.6. The number of pyridine rings is 1. The van der Waals surface area contributed by atoms with Gasteiger partial charge in [-0.2, -0.15) is 0 Å². The molecule has 0 atom stereocenters. The molecule has 0 radical (unpaired) electrons. The van der Waals surface area contributed by atoms with Gasteiger partial charge >= 0.3 is 102 Å². The van der Waals surface area contributed by atoms with Crippen molar-refractivity contribution in [2.45, 2.75) is 0 Å². The van der Waals surface area contributed by atoms with E-state index in [-0.39, 0.29) is 26.1 Å². The van der Waals surface area contributed by atoms with E-state index in [4.69, 9.17) is 0 Å². The number of hydrogen-bond donors (Lipinski definition) is 0. The molecule has 84 valence electrons. The first-order valence-corrected chi connectivity index (χ1v) is 6.60. The Morgan fingerprint density at radius 3 is 2.65 bits per heavy atom. The van der Waals surface area contributed by atoms with E-state index in [9.17, 15) is 9.18 Å². The van der Waals surface area contributed by atoms with Crippen LogP contribution < -0.4 is 5.56 Å². The molecule has 3 aromatic rings. The average Bonchev–Trinajstić information content (AvgIpc) is 2.70. The predicted molar refractivity (Wildman–Crippen MR) is 64.2 cm³/mol. The Kier molecular flexibility index (Phi) is 2.42. The SMILES string of the molecule is O=c1c2cccc(F)c2[se]n1-c1ccncc1. The van der Waals surface area contributed by atoms with Gasteiger partial charge in [-0.1, -0.05) is 0 Å². The third-order valence-corrected chi connectivity index (χ3v) is 4.89. The van der Waals surface area contributed by atoms with Gasteiger partial charge in [0.1, 0.15) is 0 Å². The van der Waals surface area contributed by atoms with Crippen molar-refractivity contribution in [3.63, 3.8) is 0 Å². The van der Waals surface area contributed by atoms with Gasteiger partial charge in [-0.15, -0.1) is 0 Å². The molecule has 0 aliphatic rings. The fourth-order valence-corrected chi connectivity index (χ4v) is 3.76. The summed E-state index contributed by atoms with van der Waals surface area (Å²) >= 11 is -0.334. The predicted octanol–water partition coefficient (Wildman–Crippen LogP) is 1.58. The number of aromatic nitrogens is 2. The fourth-order valence-electron chi connectivity index (χ4n) is 1.66. The van der Waals surface area contributed by atoms with E-state index in [0.29, 0.717) is 9.65 Å². The van der Waals surface area contributed by atoms with Crippen molar-refractivity contribution in [1.82, 2.24) is 8.55 Å². The van der Waals surface area contributed by atoms with Gasteiger partial charge in [0.15, 0.2) is 0 Å². The molecule has 2 heterocycles. The van der Waals surface area contributed by atoms with Gasteiger partial charge in [0, 0.05) is 0 Å². The topological polar surface area (TPSA) is 34.9 Å². The van der Waals surface area contributed by atoms with Crippen LogP contribution in [0.4, 0.5) is 4.39 Å². The molecular weight excluding hydrogens is 286 g/mol. The zero-order valence-electron chi connectivity index (χ0n) is 8.63. The number of benzene rings is 1. The Morgan fingerprint density at radius 2 is 1.94 bits per heavy atom. The zero-order chi connectivity index (χ0) is 11.8. The van der Waals surface area contributed by atoms with Gasteiger partial charge in [-0.05, 0) is 0 Å². The van der Waals surface area contributed by atoms with Crippen LogP contribution in [0.3, 0.4) is 0 Å². The van der Waals surface area contributed by atoms with E-state index >= 15 is 0 Å². The number of hydrogen-bond acceptors (Lipinski definition) is 2. The maximum absolute atomic E-state index is 13.6. The second kappa shape index (κ2) is 3.95. The molecular formula is C12H7FN2OSe. The van der Waals surface area contributed by atoms with E-state index in [1.807, 2.05) is 0 Å². The van der Waals surface area contributed by atoms with Crippen molar-refractivity contribution < 1.29 is 4.39 Å². The molecule has 0 aliphatic heterocycles. The molecule has 1 aromatic carbocycles. The molecule has 0 spiro atoms. The summed E-state index contributed by atoms with van der Waals surface area (Å²) < 4.78 is 15.7.